The number of aliphatic hydroxyl groups excluding tert-OH is 2. The number of carboxylic acid groups (broad SMARTS) is 1. The van der Waals surface area contributed by atoms with E-state index in [1.165, 1.54) is 21.0 Å². The average molecular weight is 194 g/mol. The van der Waals surface area contributed by atoms with Crippen LogP contribution in [0.25, 0.3) is 0 Å². The number of methoxy groups -OCH3 is 1. The number of carboxylic acids is 1. The Kier molecular flexibility index (Phi) is 8.31. The van der Waals surface area contributed by atoms with Crippen LogP contribution in [0.1, 0.15) is 13.8 Å². The first kappa shape index (κ1) is 14.4. The monoisotopic (exact) mass is 194 g/mol. The predicted molar refractivity (Wildman–Crippen MR) is 43.0 cm³/mol. The smallest absolute Gasteiger partial charge is 0.334 e. The van der Waals surface area contributed by atoms with E-state index in [1.807, 2.05) is 0 Å². The van der Waals surface area contributed by atoms with E-state index in [-0.39, 0.29) is 0 Å². The Morgan fingerprint density at radius 3 is 1.46 bits per heavy atom. The van der Waals surface area contributed by atoms with Gasteiger partial charge in [0.25, 0.3) is 0 Å². The van der Waals surface area contributed by atoms with Gasteiger partial charge >= 0.3 is 11.9 Å². The number of rotatable bonds is 2. The highest BCUT2D eigenvalue weighted by atomic mass is 16.5. The van der Waals surface area contributed by atoms with Crippen LogP contribution in [0.5, 0.6) is 0 Å². The number of carbonyl (C=O) groups excluding carboxylic acids is 1. The van der Waals surface area contributed by atoms with Gasteiger partial charge < -0.3 is 20.1 Å². The van der Waals surface area contributed by atoms with Gasteiger partial charge in [-0.2, -0.15) is 0 Å². The standard InChI is InChI=1S/C4H8O3.C3H6O3/c1-3(5)4(6)7-2;1-2(4)3(5)6/h3,5H,1-2H3;2,4H,1H3,(H,5,6). The lowest BCUT2D eigenvalue weighted by atomic mass is 10.4. The molecule has 2 unspecified atom stereocenters. The third-order valence-electron chi connectivity index (χ3n) is 0.900. The Morgan fingerprint density at radius 1 is 1.15 bits per heavy atom. The van der Waals surface area contributed by atoms with Gasteiger partial charge in [0.1, 0.15) is 12.2 Å². The molecule has 0 aromatic heterocycles. The zero-order chi connectivity index (χ0) is 11.0. The van der Waals surface area contributed by atoms with Crippen molar-refractivity contribution in [2.45, 2.75) is 26.1 Å². The van der Waals surface area contributed by atoms with E-state index >= 15 is 0 Å². The zero-order valence-corrected chi connectivity index (χ0v) is 7.72. The van der Waals surface area contributed by atoms with Crippen molar-refractivity contribution >= 4 is 11.9 Å². The minimum absolute atomic E-state index is 0.597. The van der Waals surface area contributed by atoms with E-state index in [0.717, 1.165) is 0 Å². The van der Waals surface area contributed by atoms with Crippen LogP contribution in [0.4, 0.5) is 0 Å². The van der Waals surface area contributed by atoms with E-state index in [0.29, 0.717) is 0 Å². The summed E-state index contributed by atoms with van der Waals surface area (Å²) < 4.78 is 4.12. The summed E-state index contributed by atoms with van der Waals surface area (Å²) in [7, 11) is 1.23. The maximum absolute atomic E-state index is 10.0. The fourth-order valence-electron chi connectivity index (χ4n) is 0.171. The first-order valence-corrected chi connectivity index (χ1v) is 3.49. The second-order valence-electron chi connectivity index (χ2n) is 2.21. The molecule has 0 aromatic rings. The van der Waals surface area contributed by atoms with Crippen molar-refractivity contribution in [2.24, 2.45) is 0 Å². The molecule has 0 aliphatic carbocycles. The van der Waals surface area contributed by atoms with Gasteiger partial charge in [-0.15, -0.1) is 0 Å². The van der Waals surface area contributed by atoms with Crippen LogP contribution in [0, 0.1) is 0 Å². The number of ether oxygens (including phenoxy) is 1. The molecule has 0 aliphatic heterocycles. The maximum Gasteiger partial charge on any atom is 0.334 e. The van der Waals surface area contributed by atoms with Crippen LogP contribution in [0.3, 0.4) is 0 Å². The van der Waals surface area contributed by atoms with Crippen molar-refractivity contribution in [3.8, 4) is 0 Å². The summed E-state index contributed by atoms with van der Waals surface area (Å²) in [4.78, 5) is 19.5. The molecule has 0 radical (unpaired) electrons. The van der Waals surface area contributed by atoms with Crippen LogP contribution < -0.4 is 0 Å². The summed E-state index contributed by atoms with van der Waals surface area (Å²) in [5, 5.41) is 24.1. The molecule has 0 rings (SSSR count). The molecule has 0 saturated carbocycles. The molecule has 13 heavy (non-hydrogen) atoms. The third-order valence-corrected chi connectivity index (χ3v) is 0.900. The van der Waals surface area contributed by atoms with Crippen molar-refractivity contribution in [1.29, 1.82) is 0 Å². The van der Waals surface area contributed by atoms with E-state index in [1.54, 1.807) is 0 Å². The number of esters is 1. The van der Waals surface area contributed by atoms with Gasteiger partial charge in [0.05, 0.1) is 7.11 Å². The predicted octanol–water partition coefficient (Wildman–Crippen LogP) is -1.01. The van der Waals surface area contributed by atoms with Crippen molar-refractivity contribution in [3.63, 3.8) is 0 Å². The van der Waals surface area contributed by atoms with Crippen LogP contribution >= 0.6 is 0 Å². The van der Waals surface area contributed by atoms with Crippen LogP contribution in [0.2, 0.25) is 0 Å². The zero-order valence-electron chi connectivity index (χ0n) is 7.72. The van der Waals surface area contributed by atoms with Crippen LogP contribution in [-0.4, -0.2) is 46.6 Å². The van der Waals surface area contributed by atoms with E-state index in [9.17, 15) is 9.59 Å². The largest absolute Gasteiger partial charge is 0.479 e. The second-order valence-corrected chi connectivity index (χ2v) is 2.21. The molecule has 0 saturated heterocycles. The fraction of sp³-hybridized carbons (Fsp3) is 0.714. The molecule has 2 atom stereocenters. The fourth-order valence-corrected chi connectivity index (χ4v) is 0.171. The van der Waals surface area contributed by atoms with Crippen molar-refractivity contribution in [1.82, 2.24) is 0 Å². The average Bonchev–Trinajstić information content (AvgIpc) is 2.03. The van der Waals surface area contributed by atoms with Gasteiger partial charge in [-0.25, -0.2) is 9.59 Å². The van der Waals surface area contributed by atoms with E-state index in [4.69, 9.17) is 15.3 Å². The Bertz CT molecular complexity index is 162. The number of hydrogen-bond donors (Lipinski definition) is 3. The van der Waals surface area contributed by atoms with E-state index in [2.05, 4.69) is 4.74 Å². The van der Waals surface area contributed by atoms with Crippen LogP contribution in [0.15, 0.2) is 0 Å². The maximum atomic E-state index is 10.0. The lowest BCUT2D eigenvalue weighted by molar-refractivity contribution is -0.149. The molecular weight excluding hydrogens is 180 g/mol. The Balaban J connectivity index is 0. The number of aliphatic hydroxyl groups is 2. The minimum atomic E-state index is -1.23. The number of hydrogen-bond acceptors (Lipinski definition) is 5. The van der Waals surface area contributed by atoms with Gasteiger partial charge in [-0.3, -0.25) is 0 Å². The lowest BCUT2D eigenvalue weighted by Crippen LogP contribution is -2.16. The molecule has 0 heterocycles. The molecule has 3 N–H and O–H groups in total. The Hall–Kier alpha value is -1.14. The SMILES string of the molecule is CC(O)C(=O)O.COC(=O)C(C)O. The minimum Gasteiger partial charge on any atom is -0.479 e. The summed E-state index contributed by atoms with van der Waals surface area (Å²) in [6, 6.07) is 0. The second kappa shape index (κ2) is 7.51. The highest BCUT2D eigenvalue weighted by Crippen LogP contribution is 1.80. The first-order valence-electron chi connectivity index (χ1n) is 3.49. The molecule has 0 bridgehead atoms. The quantitative estimate of drug-likeness (QED) is 0.487. The highest BCUT2D eigenvalue weighted by molar-refractivity contribution is 5.73. The van der Waals surface area contributed by atoms with Crippen LogP contribution in [-0.2, 0) is 14.3 Å². The normalized spacial score (nSPS) is 13.3. The molecule has 0 fully saturated rings. The summed E-state index contributed by atoms with van der Waals surface area (Å²) >= 11 is 0. The van der Waals surface area contributed by atoms with Crippen molar-refractivity contribution in [2.75, 3.05) is 7.11 Å². The topological polar surface area (TPSA) is 104 Å². The number of aliphatic carboxylic acids is 1. The number of carbonyl (C=O) groups is 2. The van der Waals surface area contributed by atoms with Gasteiger partial charge in [-0.1, -0.05) is 0 Å². The van der Waals surface area contributed by atoms with Gasteiger partial charge in [0, 0.05) is 0 Å². The van der Waals surface area contributed by atoms with Crippen molar-refractivity contribution in [3.05, 3.63) is 0 Å². The summed E-state index contributed by atoms with van der Waals surface area (Å²) in [5.41, 5.74) is 0. The van der Waals surface area contributed by atoms with Gasteiger partial charge in [0.15, 0.2) is 0 Å². The Morgan fingerprint density at radius 2 is 1.46 bits per heavy atom. The lowest BCUT2D eigenvalue weighted by Gasteiger charge is -1.97. The highest BCUT2D eigenvalue weighted by Gasteiger charge is 2.05. The van der Waals surface area contributed by atoms with Gasteiger partial charge in [0.2, 0.25) is 0 Å². The Labute approximate surface area is 75.8 Å². The molecule has 0 spiro atoms. The van der Waals surface area contributed by atoms with E-state index < -0.39 is 24.1 Å². The molecule has 0 amide bonds. The van der Waals surface area contributed by atoms with Crippen molar-refractivity contribution < 1.29 is 29.6 Å². The summed E-state index contributed by atoms with van der Waals surface area (Å²) in [6.07, 6.45) is -2.23. The molecule has 78 valence electrons. The summed E-state index contributed by atoms with van der Waals surface area (Å²) in [6.45, 7) is 2.55. The summed E-state index contributed by atoms with van der Waals surface area (Å²) in [5.74, 6) is -1.78. The third kappa shape index (κ3) is 10.9. The molecule has 0 aliphatic rings. The molecule has 0 aromatic carbocycles. The molecule has 6 heteroatoms. The van der Waals surface area contributed by atoms with Gasteiger partial charge in [-0.05, 0) is 13.8 Å². The molecule has 6 nitrogen and oxygen atoms in total. The first-order chi connectivity index (χ1) is 5.82. The molecular formula is C7H14O6.